The highest BCUT2D eigenvalue weighted by Gasteiger charge is 2.21. The number of terminal acetylenes is 1. The largest absolute Gasteiger partial charge is 0.360 e. The first-order chi connectivity index (χ1) is 12.7. The molecule has 0 radical (unpaired) electrons. The summed E-state index contributed by atoms with van der Waals surface area (Å²) >= 11 is 0. The molecule has 0 saturated carbocycles. The normalized spacial score (nSPS) is 10.3. The molecule has 2 aromatic heterocycles. The van der Waals surface area contributed by atoms with E-state index >= 15 is 0 Å². The molecule has 0 bridgehead atoms. The van der Waals surface area contributed by atoms with E-state index in [9.17, 15) is 4.79 Å². The Balaban J connectivity index is 1.96. The molecule has 2 N–H and O–H groups in total. The Hall–Kier alpha value is -3.52. The smallest absolute Gasteiger partial charge is 0.268 e. The van der Waals surface area contributed by atoms with Gasteiger partial charge in [0.25, 0.3) is 5.91 Å². The SMILES string of the molecule is C#CCNC(=O)c1cc(C(=C)c2c(-c3ccccc3)noc2CC)c[nH]1. The first-order valence-corrected chi connectivity index (χ1v) is 8.29. The van der Waals surface area contributed by atoms with Crippen LogP contribution in [0.25, 0.3) is 16.8 Å². The van der Waals surface area contributed by atoms with Crippen LogP contribution >= 0.6 is 0 Å². The van der Waals surface area contributed by atoms with Gasteiger partial charge in [-0.25, -0.2) is 0 Å². The number of carbonyl (C=O) groups is 1. The third kappa shape index (κ3) is 3.31. The highest BCUT2D eigenvalue weighted by molar-refractivity contribution is 5.95. The van der Waals surface area contributed by atoms with Gasteiger partial charge in [0, 0.05) is 23.7 Å². The molecule has 0 atom stereocenters. The van der Waals surface area contributed by atoms with Crippen LogP contribution in [0.4, 0.5) is 0 Å². The number of aromatic amines is 1. The van der Waals surface area contributed by atoms with Gasteiger partial charge >= 0.3 is 0 Å². The van der Waals surface area contributed by atoms with Crippen LogP contribution in [0.1, 0.15) is 34.3 Å². The van der Waals surface area contributed by atoms with Crippen LogP contribution in [-0.4, -0.2) is 22.6 Å². The van der Waals surface area contributed by atoms with Gasteiger partial charge in [0.2, 0.25) is 0 Å². The fraction of sp³-hybridized carbons (Fsp3) is 0.143. The minimum Gasteiger partial charge on any atom is -0.360 e. The van der Waals surface area contributed by atoms with E-state index < -0.39 is 0 Å². The van der Waals surface area contributed by atoms with Crippen molar-refractivity contribution in [2.24, 2.45) is 0 Å². The number of rotatable bonds is 6. The van der Waals surface area contributed by atoms with Gasteiger partial charge in [-0.05, 0) is 11.6 Å². The summed E-state index contributed by atoms with van der Waals surface area (Å²) < 4.78 is 5.53. The number of carbonyl (C=O) groups excluding carboxylic acids is 1. The van der Waals surface area contributed by atoms with Gasteiger partial charge in [0.1, 0.15) is 17.1 Å². The minimum absolute atomic E-state index is 0.178. The van der Waals surface area contributed by atoms with Crippen molar-refractivity contribution in [2.75, 3.05) is 6.54 Å². The van der Waals surface area contributed by atoms with E-state index in [-0.39, 0.29) is 12.5 Å². The van der Waals surface area contributed by atoms with Crippen LogP contribution in [0.15, 0.2) is 53.7 Å². The summed E-state index contributed by atoms with van der Waals surface area (Å²) in [6.45, 7) is 6.39. The summed E-state index contributed by atoms with van der Waals surface area (Å²) in [5.74, 6) is 2.88. The summed E-state index contributed by atoms with van der Waals surface area (Å²) in [5, 5.41) is 6.87. The van der Waals surface area contributed by atoms with Crippen LogP contribution < -0.4 is 5.32 Å². The van der Waals surface area contributed by atoms with E-state index in [0.29, 0.717) is 12.1 Å². The summed E-state index contributed by atoms with van der Waals surface area (Å²) in [4.78, 5) is 15.0. The lowest BCUT2D eigenvalue weighted by Gasteiger charge is -2.06. The molecule has 1 amide bonds. The molecule has 26 heavy (non-hydrogen) atoms. The zero-order valence-electron chi connectivity index (χ0n) is 14.5. The van der Waals surface area contributed by atoms with E-state index in [1.165, 1.54) is 0 Å². The molecule has 0 saturated heterocycles. The van der Waals surface area contributed by atoms with E-state index in [0.717, 1.165) is 33.7 Å². The fourth-order valence-electron chi connectivity index (χ4n) is 2.74. The molecule has 0 aliphatic rings. The second-order valence-corrected chi connectivity index (χ2v) is 5.72. The monoisotopic (exact) mass is 345 g/mol. The molecule has 3 aromatic rings. The highest BCUT2D eigenvalue weighted by atomic mass is 16.5. The number of nitrogens with one attached hydrogen (secondary N) is 2. The summed E-state index contributed by atoms with van der Waals surface area (Å²) in [6, 6.07) is 11.5. The first-order valence-electron chi connectivity index (χ1n) is 8.29. The van der Waals surface area contributed by atoms with E-state index in [2.05, 4.69) is 28.0 Å². The number of benzene rings is 1. The van der Waals surface area contributed by atoms with Crippen molar-refractivity contribution in [1.82, 2.24) is 15.5 Å². The minimum atomic E-state index is -0.258. The number of nitrogens with zero attached hydrogens (tertiary/aromatic N) is 1. The van der Waals surface area contributed by atoms with Crippen molar-refractivity contribution in [1.29, 1.82) is 0 Å². The van der Waals surface area contributed by atoms with Crippen LogP contribution in [0.5, 0.6) is 0 Å². The second kappa shape index (κ2) is 7.58. The summed E-state index contributed by atoms with van der Waals surface area (Å²) in [5.41, 5.74) is 4.52. The predicted octanol–water partition coefficient (Wildman–Crippen LogP) is 3.66. The standard InChI is InChI=1S/C21H19N3O2/c1-4-11-22-21(25)17-12-16(13-23-17)14(3)19-18(5-2)26-24-20(19)15-9-7-6-8-10-15/h1,6-10,12-13,23H,3,5,11H2,2H3,(H,22,25). The molecule has 0 fully saturated rings. The lowest BCUT2D eigenvalue weighted by atomic mass is 9.95. The molecule has 0 spiro atoms. The van der Waals surface area contributed by atoms with Crippen molar-refractivity contribution >= 4 is 11.5 Å². The number of aryl methyl sites for hydroxylation is 1. The molecular formula is C21H19N3O2. The van der Waals surface area contributed by atoms with Crippen molar-refractivity contribution in [3.05, 3.63) is 71.8 Å². The average Bonchev–Trinajstić information content (AvgIpc) is 3.33. The molecule has 1 aromatic carbocycles. The van der Waals surface area contributed by atoms with Gasteiger partial charge in [0.15, 0.2) is 0 Å². The maximum absolute atomic E-state index is 12.0. The van der Waals surface area contributed by atoms with Crippen molar-refractivity contribution in [3.63, 3.8) is 0 Å². The first kappa shape index (κ1) is 17.3. The van der Waals surface area contributed by atoms with E-state index in [1.54, 1.807) is 12.3 Å². The fourth-order valence-corrected chi connectivity index (χ4v) is 2.74. The van der Waals surface area contributed by atoms with E-state index in [4.69, 9.17) is 10.9 Å². The molecular weight excluding hydrogens is 326 g/mol. The second-order valence-electron chi connectivity index (χ2n) is 5.72. The van der Waals surface area contributed by atoms with Crippen molar-refractivity contribution in [3.8, 4) is 23.6 Å². The quantitative estimate of drug-likeness (QED) is 0.670. The Morgan fingerprint density at radius 1 is 1.38 bits per heavy atom. The molecule has 0 aliphatic carbocycles. The summed E-state index contributed by atoms with van der Waals surface area (Å²) in [6.07, 6.45) is 7.60. The van der Waals surface area contributed by atoms with Gasteiger partial charge in [-0.3, -0.25) is 4.79 Å². The van der Waals surface area contributed by atoms with Crippen molar-refractivity contribution in [2.45, 2.75) is 13.3 Å². The van der Waals surface area contributed by atoms with Crippen LogP contribution in [0.2, 0.25) is 0 Å². The van der Waals surface area contributed by atoms with Crippen LogP contribution in [0.3, 0.4) is 0 Å². The average molecular weight is 345 g/mol. The highest BCUT2D eigenvalue weighted by Crippen LogP contribution is 2.34. The number of hydrogen-bond acceptors (Lipinski definition) is 3. The van der Waals surface area contributed by atoms with Crippen LogP contribution in [-0.2, 0) is 6.42 Å². The molecule has 2 heterocycles. The molecule has 5 heteroatoms. The molecule has 0 aliphatic heterocycles. The zero-order chi connectivity index (χ0) is 18.5. The molecule has 0 unspecified atom stereocenters. The van der Waals surface area contributed by atoms with Gasteiger partial charge in [0.05, 0.1) is 12.1 Å². The number of H-pyrrole nitrogens is 1. The van der Waals surface area contributed by atoms with Gasteiger partial charge in [-0.2, -0.15) is 0 Å². The van der Waals surface area contributed by atoms with E-state index in [1.807, 2.05) is 37.3 Å². The summed E-state index contributed by atoms with van der Waals surface area (Å²) in [7, 11) is 0. The third-order valence-corrected chi connectivity index (χ3v) is 4.06. The molecule has 5 nitrogen and oxygen atoms in total. The predicted molar refractivity (Wildman–Crippen MR) is 101 cm³/mol. The Kier molecular flexibility index (Phi) is 5.04. The van der Waals surface area contributed by atoms with Crippen LogP contribution in [0, 0.1) is 12.3 Å². The molecule has 130 valence electrons. The maximum atomic E-state index is 12.0. The van der Waals surface area contributed by atoms with Gasteiger partial charge in [-0.1, -0.05) is 54.9 Å². The number of amides is 1. The molecule has 3 rings (SSSR count). The lowest BCUT2D eigenvalue weighted by molar-refractivity contribution is 0.0954. The maximum Gasteiger partial charge on any atom is 0.268 e. The number of aromatic nitrogens is 2. The van der Waals surface area contributed by atoms with Gasteiger partial charge in [-0.15, -0.1) is 6.42 Å². The Morgan fingerprint density at radius 2 is 2.15 bits per heavy atom. The number of hydrogen-bond donors (Lipinski definition) is 2. The Bertz CT molecular complexity index is 974. The zero-order valence-corrected chi connectivity index (χ0v) is 14.5. The Morgan fingerprint density at radius 3 is 2.85 bits per heavy atom. The lowest BCUT2D eigenvalue weighted by Crippen LogP contribution is -2.23. The van der Waals surface area contributed by atoms with Crippen molar-refractivity contribution < 1.29 is 9.32 Å². The Labute approximate surface area is 152 Å². The third-order valence-electron chi connectivity index (χ3n) is 4.06. The van der Waals surface area contributed by atoms with Gasteiger partial charge < -0.3 is 14.8 Å². The topological polar surface area (TPSA) is 70.9 Å².